The Morgan fingerprint density at radius 2 is 2.03 bits per heavy atom. The highest BCUT2D eigenvalue weighted by atomic mass is 19.4. The second kappa shape index (κ2) is 10.2. The summed E-state index contributed by atoms with van der Waals surface area (Å²) in [6.45, 7) is 4.65. The average molecular weight is 452 g/mol. The van der Waals surface area contributed by atoms with Gasteiger partial charge in [-0.2, -0.15) is 13.2 Å². The Labute approximate surface area is 184 Å². The van der Waals surface area contributed by atoms with Crippen molar-refractivity contribution < 1.29 is 27.4 Å². The molecule has 174 valence electrons. The molecule has 0 aliphatic carbocycles. The molecule has 0 bridgehead atoms. The summed E-state index contributed by atoms with van der Waals surface area (Å²) in [4.78, 5) is 11.6. The summed E-state index contributed by atoms with van der Waals surface area (Å²) in [5, 5.41) is 15.1. The SMILES string of the molecule is CCOC(=O)CC1CC[C@@H](Nc2cc(C)c(-c3ccc(C(F)(F)F)cc3OC)nn2)CN1. The number of rotatable bonds is 7. The number of hydrogen-bond donors (Lipinski definition) is 2. The molecule has 7 nitrogen and oxygen atoms in total. The number of benzene rings is 1. The first-order chi connectivity index (χ1) is 15.2. The Morgan fingerprint density at radius 1 is 1.25 bits per heavy atom. The second-order valence-electron chi connectivity index (χ2n) is 7.71. The van der Waals surface area contributed by atoms with Gasteiger partial charge in [-0.15, -0.1) is 10.2 Å². The summed E-state index contributed by atoms with van der Waals surface area (Å²) in [7, 11) is 1.32. The monoisotopic (exact) mass is 452 g/mol. The molecule has 1 aromatic carbocycles. The normalized spacial score (nSPS) is 18.8. The molecule has 0 radical (unpaired) electrons. The number of ether oxygens (including phenoxy) is 2. The van der Waals surface area contributed by atoms with Gasteiger partial charge < -0.3 is 20.1 Å². The van der Waals surface area contributed by atoms with E-state index in [2.05, 4.69) is 20.8 Å². The van der Waals surface area contributed by atoms with Crippen molar-refractivity contribution in [3.8, 4) is 17.0 Å². The van der Waals surface area contributed by atoms with E-state index in [1.165, 1.54) is 13.2 Å². The molecular formula is C22H27F3N4O3. The van der Waals surface area contributed by atoms with E-state index >= 15 is 0 Å². The predicted molar refractivity (Wildman–Crippen MR) is 113 cm³/mol. The number of aromatic nitrogens is 2. The van der Waals surface area contributed by atoms with Crippen LogP contribution in [0.15, 0.2) is 24.3 Å². The summed E-state index contributed by atoms with van der Waals surface area (Å²) in [5.74, 6) is 0.460. The van der Waals surface area contributed by atoms with Crippen molar-refractivity contribution in [3.63, 3.8) is 0 Å². The van der Waals surface area contributed by atoms with E-state index in [1.807, 2.05) is 13.0 Å². The van der Waals surface area contributed by atoms with Gasteiger partial charge in [-0.05, 0) is 56.5 Å². The van der Waals surface area contributed by atoms with E-state index in [-0.39, 0.29) is 23.8 Å². The summed E-state index contributed by atoms with van der Waals surface area (Å²) in [6, 6.07) is 5.34. The van der Waals surface area contributed by atoms with Gasteiger partial charge in [0.25, 0.3) is 0 Å². The third-order valence-electron chi connectivity index (χ3n) is 5.36. The van der Waals surface area contributed by atoms with Crippen LogP contribution in [-0.4, -0.2) is 48.5 Å². The van der Waals surface area contributed by atoms with Gasteiger partial charge in [0.1, 0.15) is 11.6 Å². The molecule has 3 rings (SSSR count). The number of halogens is 3. The van der Waals surface area contributed by atoms with E-state index in [1.54, 1.807) is 6.92 Å². The van der Waals surface area contributed by atoms with Crippen molar-refractivity contribution in [2.75, 3.05) is 25.6 Å². The van der Waals surface area contributed by atoms with Crippen LogP contribution in [0.5, 0.6) is 5.75 Å². The van der Waals surface area contributed by atoms with Gasteiger partial charge in [-0.1, -0.05) is 0 Å². The van der Waals surface area contributed by atoms with E-state index < -0.39 is 11.7 Å². The Balaban J connectivity index is 1.66. The van der Waals surface area contributed by atoms with Crippen LogP contribution in [-0.2, 0) is 15.7 Å². The van der Waals surface area contributed by atoms with Crippen molar-refractivity contribution in [2.24, 2.45) is 0 Å². The Hall–Kier alpha value is -2.88. The van der Waals surface area contributed by atoms with Crippen LogP contribution in [0.25, 0.3) is 11.3 Å². The maximum atomic E-state index is 13.0. The largest absolute Gasteiger partial charge is 0.496 e. The summed E-state index contributed by atoms with van der Waals surface area (Å²) in [6.07, 6.45) is -2.43. The van der Waals surface area contributed by atoms with Gasteiger partial charge >= 0.3 is 12.1 Å². The number of nitrogens with one attached hydrogen (secondary N) is 2. The summed E-state index contributed by atoms with van der Waals surface area (Å²) < 4.78 is 49.1. The van der Waals surface area contributed by atoms with Gasteiger partial charge in [-0.3, -0.25) is 4.79 Å². The topological polar surface area (TPSA) is 85.4 Å². The van der Waals surface area contributed by atoms with Crippen molar-refractivity contribution in [3.05, 3.63) is 35.4 Å². The molecule has 0 amide bonds. The molecule has 1 fully saturated rings. The first-order valence-electron chi connectivity index (χ1n) is 10.5. The molecule has 1 saturated heterocycles. The van der Waals surface area contributed by atoms with Crippen LogP contribution < -0.4 is 15.4 Å². The maximum absolute atomic E-state index is 13.0. The molecule has 2 aromatic rings. The number of carbonyl (C=O) groups is 1. The lowest BCUT2D eigenvalue weighted by atomic mass is 9.98. The number of carbonyl (C=O) groups excluding carboxylic acids is 1. The standard InChI is InChI=1S/C22H27F3N4O3/c1-4-32-20(30)11-15-6-7-16(12-26-15)27-19-9-13(2)21(29-28-19)17-8-5-14(22(23,24)25)10-18(17)31-3/h5,8-10,15-16,26H,4,6-7,11-12H2,1-3H3,(H,27,28)/t15?,16-/m1/s1. The molecule has 1 aliphatic rings. The number of piperidine rings is 1. The highest BCUT2D eigenvalue weighted by molar-refractivity contribution is 5.71. The molecule has 2 heterocycles. The molecular weight excluding hydrogens is 425 g/mol. The molecule has 0 saturated carbocycles. The molecule has 2 atom stereocenters. The van der Waals surface area contributed by atoms with Crippen molar-refractivity contribution in [1.29, 1.82) is 0 Å². The van der Waals surface area contributed by atoms with Crippen molar-refractivity contribution in [2.45, 2.75) is 51.4 Å². The third-order valence-corrected chi connectivity index (χ3v) is 5.36. The highest BCUT2D eigenvalue weighted by Crippen LogP contribution is 2.37. The second-order valence-corrected chi connectivity index (χ2v) is 7.71. The molecule has 1 aromatic heterocycles. The molecule has 32 heavy (non-hydrogen) atoms. The first-order valence-corrected chi connectivity index (χ1v) is 10.5. The Morgan fingerprint density at radius 3 is 2.62 bits per heavy atom. The lowest BCUT2D eigenvalue weighted by molar-refractivity contribution is -0.143. The number of hydrogen-bond acceptors (Lipinski definition) is 7. The molecule has 0 spiro atoms. The zero-order chi connectivity index (χ0) is 23.3. The fourth-order valence-electron chi connectivity index (χ4n) is 3.73. The van der Waals surface area contributed by atoms with Crippen LogP contribution in [0.3, 0.4) is 0 Å². The Bertz CT molecular complexity index is 945. The fraction of sp³-hybridized carbons (Fsp3) is 0.500. The number of methoxy groups -OCH3 is 1. The minimum Gasteiger partial charge on any atom is -0.496 e. The first kappa shape index (κ1) is 23.8. The third kappa shape index (κ3) is 5.87. The fourth-order valence-corrected chi connectivity index (χ4v) is 3.73. The highest BCUT2D eigenvalue weighted by Gasteiger charge is 2.31. The Kier molecular flexibility index (Phi) is 7.55. The predicted octanol–water partition coefficient (Wildman–Crippen LogP) is 3.97. The summed E-state index contributed by atoms with van der Waals surface area (Å²) in [5.41, 5.74) is 0.869. The van der Waals surface area contributed by atoms with Crippen LogP contribution in [0.2, 0.25) is 0 Å². The number of esters is 1. The van der Waals surface area contributed by atoms with E-state index in [9.17, 15) is 18.0 Å². The smallest absolute Gasteiger partial charge is 0.416 e. The molecule has 10 heteroatoms. The van der Waals surface area contributed by atoms with Gasteiger partial charge in [0.05, 0.1) is 31.4 Å². The van der Waals surface area contributed by atoms with Crippen LogP contribution in [0.1, 0.15) is 37.3 Å². The molecule has 2 N–H and O–H groups in total. The number of nitrogens with zero attached hydrogens (tertiary/aromatic N) is 2. The maximum Gasteiger partial charge on any atom is 0.416 e. The van der Waals surface area contributed by atoms with E-state index in [0.717, 1.165) is 30.5 Å². The van der Waals surface area contributed by atoms with Gasteiger partial charge in [0, 0.05) is 24.2 Å². The van der Waals surface area contributed by atoms with Crippen LogP contribution in [0.4, 0.5) is 19.0 Å². The lowest BCUT2D eigenvalue weighted by Gasteiger charge is -2.30. The quantitative estimate of drug-likeness (QED) is 0.615. The van der Waals surface area contributed by atoms with Crippen LogP contribution in [0, 0.1) is 6.92 Å². The number of alkyl halides is 3. The summed E-state index contributed by atoms with van der Waals surface area (Å²) >= 11 is 0. The molecule has 1 aliphatic heterocycles. The average Bonchev–Trinajstić information content (AvgIpc) is 2.74. The number of aryl methyl sites for hydroxylation is 1. The minimum absolute atomic E-state index is 0.0852. The van der Waals surface area contributed by atoms with Crippen molar-refractivity contribution >= 4 is 11.8 Å². The van der Waals surface area contributed by atoms with Gasteiger partial charge in [0.2, 0.25) is 0 Å². The van der Waals surface area contributed by atoms with E-state index in [4.69, 9.17) is 9.47 Å². The van der Waals surface area contributed by atoms with E-state index in [0.29, 0.717) is 36.6 Å². The minimum atomic E-state index is -4.45. The lowest BCUT2D eigenvalue weighted by Crippen LogP contribution is -2.45. The zero-order valence-corrected chi connectivity index (χ0v) is 18.3. The van der Waals surface area contributed by atoms with Gasteiger partial charge in [-0.25, -0.2) is 0 Å². The van der Waals surface area contributed by atoms with Crippen LogP contribution >= 0.6 is 0 Å². The van der Waals surface area contributed by atoms with Crippen molar-refractivity contribution in [1.82, 2.24) is 15.5 Å². The number of anilines is 1. The zero-order valence-electron chi connectivity index (χ0n) is 18.3. The molecule has 1 unspecified atom stereocenters. The van der Waals surface area contributed by atoms with Gasteiger partial charge in [0.15, 0.2) is 0 Å².